The molecule has 5 saturated carbocycles. The van der Waals surface area contributed by atoms with Gasteiger partial charge in [0.15, 0.2) is 0 Å². The number of likely N-dealkylation sites (tertiary alicyclic amines) is 1. The van der Waals surface area contributed by atoms with Crippen LogP contribution in [-0.2, 0) is 28.7 Å². The average molecular weight is 2180 g/mol. The van der Waals surface area contributed by atoms with Crippen LogP contribution in [0.2, 0.25) is 50.2 Å². The molecule has 0 bridgehead atoms. The van der Waals surface area contributed by atoms with Crippen molar-refractivity contribution in [2.75, 3.05) is 0 Å². The second kappa shape index (κ2) is 45.3. The van der Waals surface area contributed by atoms with E-state index >= 15 is 0 Å². The summed E-state index contributed by atoms with van der Waals surface area (Å²) in [6.45, 7) is 37.1. The SMILES string of the molecule is CC[C@@]12CC[C@@H](c3ccc(C)cc3Cl)[C@H](c3ccc(Cl)cc3)[C@@H]1[C@@H](C)N(C(=O)OC(C)(C)C)C2=O.CC[C@@]12CC[C@@H](c3ccc(C)cc3Cl)[C@H](c3ccc(Cl)cc3)[C@@H]1[C@@H](C)NC2=O.CC[C@@]12CC[C@@H](c3ccc(C)cc3Cl)[C@H](c3ccc(Cl)cc3)[C@@H]1[C@@H](C)NC2=O.CC[C@@]12CC[C@@H](c3ccc(C)cc3Cl)[C@H](c3ccc(Cl)cc3)[C@@H]1[C@@H](C)NC2=O.CC[C@@]12CC[C@@H](c3ccc(C)cc3Cl)[C@H](c3ccc(Cl)cc3)[C@@H]1[C@@H](C)NC2=O. The molecule has 10 aromatic rings. The zero-order chi connectivity index (χ0) is 106. The smallest absolute Gasteiger partial charge is 0.417 e. The van der Waals surface area contributed by atoms with Crippen molar-refractivity contribution in [1.82, 2.24) is 26.2 Å². The fraction of sp³-hybridized carbons (Fsp3) is 0.472. The summed E-state index contributed by atoms with van der Waals surface area (Å²) in [7, 11) is 0. The number of aryl methyl sites for hydroxylation is 5. The number of halogens is 10. The van der Waals surface area contributed by atoms with Gasteiger partial charge in [-0.3, -0.25) is 24.0 Å². The first kappa shape index (κ1) is 112. The summed E-state index contributed by atoms with van der Waals surface area (Å²) in [4.78, 5) is 80.6. The van der Waals surface area contributed by atoms with Crippen molar-refractivity contribution in [2.24, 2.45) is 56.7 Å². The van der Waals surface area contributed by atoms with Gasteiger partial charge in [0.2, 0.25) is 29.5 Å². The van der Waals surface area contributed by atoms with Crippen molar-refractivity contribution < 1.29 is 33.5 Å². The lowest BCUT2D eigenvalue weighted by Crippen LogP contribution is -2.44. The first-order chi connectivity index (χ1) is 69.9. The van der Waals surface area contributed by atoms with Gasteiger partial charge in [0.05, 0.1) is 27.1 Å². The Bertz CT molecular complexity index is 5900. The summed E-state index contributed by atoms with van der Waals surface area (Å²) in [6, 6.07) is 72.6. The molecular weight excluding hydrogens is 2040 g/mol. The molecular formula is C125H143Cl10N5O7. The molecule has 20 rings (SSSR count). The van der Waals surface area contributed by atoms with E-state index in [-0.39, 0.29) is 170 Å². The van der Waals surface area contributed by atoms with Gasteiger partial charge < -0.3 is 26.0 Å². The quantitative estimate of drug-likeness (QED) is 0.0794. The highest BCUT2D eigenvalue weighted by Gasteiger charge is 2.67. The number of amides is 6. The number of nitrogens with one attached hydrogen (secondary N) is 4. The predicted molar refractivity (Wildman–Crippen MR) is 606 cm³/mol. The van der Waals surface area contributed by atoms with Gasteiger partial charge in [0, 0.05) is 110 Å². The first-order valence-electron chi connectivity index (χ1n) is 53.3. The summed E-state index contributed by atoms with van der Waals surface area (Å²) < 4.78 is 5.69. The number of carbonyl (C=O) groups excluding carboxylic acids is 6. The molecule has 10 fully saturated rings. The number of rotatable bonds is 15. The van der Waals surface area contributed by atoms with Crippen LogP contribution >= 0.6 is 116 Å². The number of fused-ring (bicyclic) bond motifs is 5. The molecule has 12 nitrogen and oxygen atoms in total. The second-order valence-corrected chi connectivity index (χ2v) is 49.6. The summed E-state index contributed by atoms with van der Waals surface area (Å²) in [5.74, 6) is 3.79. The molecule has 10 aromatic carbocycles. The van der Waals surface area contributed by atoms with E-state index in [1.807, 2.05) is 101 Å². The van der Waals surface area contributed by atoms with Crippen LogP contribution in [0.4, 0.5) is 4.79 Å². The molecule has 22 heteroatoms. The van der Waals surface area contributed by atoms with Crippen molar-refractivity contribution in [3.05, 3.63) is 346 Å². The third-order valence-corrected chi connectivity index (χ3v) is 39.5. The lowest BCUT2D eigenvalue weighted by molar-refractivity contribution is -0.138. The molecule has 5 saturated heterocycles. The highest BCUT2D eigenvalue weighted by Crippen LogP contribution is 2.68. The maximum absolute atomic E-state index is 14.0. The Labute approximate surface area is 922 Å². The number of hydrogen-bond acceptors (Lipinski definition) is 7. The molecule has 4 N–H and O–H groups in total. The number of imide groups is 1. The standard InChI is InChI=1S/C29H35Cl2NO3.4C24H27Cl2NO/c1-7-29-15-14-22(21-13-8-17(2)16-23(21)31)24(19-9-11-20(30)12-10-19)25(29)18(3)32(26(29)33)27(34)35-28(4,5)6;4*1-4-24-12-11-19(18-10-5-14(2)13-20(18)26)21(16-6-8-17(25)9-7-16)22(24)15(3)27-23(24)28/h8-13,16,18,22,24-25H,7,14-15H2,1-6H3;4*5-10,13,15,19,21-22H,4,11-12H2,1-3H3,(H,27,28)/t18-,22+,24+,25+,29-;4*15-,19+,21+,22+,24-/m11111/s1. The molecule has 10 aliphatic rings. The normalized spacial score (nSPS) is 31.3. The third kappa shape index (κ3) is 21.4. The van der Waals surface area contributed by atoms with Gasteiger partial charge in [-0.05, 0) is 420 Å². The van der Waals surface area contributed by atoms with Crippen molar-refractivity contribution >= 4 is 152 Å². The van der Waals surface area contributed by atoms with Gasteiger partial charge in [-0.1, -0.05) is 272 Å². The van der Waals surface area contributed by atoms with Crippen molar-refractivity contribution in [2.45, 2.75) is 316 Å². The molecule has 780 valence electrons. The van der Waals surface area contributed by atoms with E-state index in [2.05, 4.69) is 257 Å². The van der Waals surface area contributed by atoms with Crippen molar-refractivity contribution in [1.29, 1.82) is 0 Å². The highest BCUT2D eigenvalue weighted by molar-refractivity contribution is 6.34. The fourth-order valence-corrected chi connectivity index (χ4v) is 32.3. The molecule has 147 heavy (non-hydrogen) atoms. The average Bonchev–Trinajstić information content (AvgIpc) is 1.57. The minimum absolute atomic E-state index is 0.00689. The van der Waals surface area contributed by atoms with Gasteiger partial charge in [-0.2, -0.15) is 0 Å². The van der Waals surface area contributed by atoms with Gasteiger partial charge >= 0.3 is 6.09 Å². The number of benzene rings is 10. The third-order valence-electron chi connectivity index (χ3n) is 36.6. The predicted octanol–water partition coefficient (Wildman–Crippen LogP) is 34.1. The van der Waals surface area contributed by atoms with Crippen LogP contribution in [0.3, 0.4) is 0 Å². The first-order valence-corrected chi connectivity index (χ1v) is 57.0. The Kier molecular flexibility index (Phi) is 34.4. The Morgan fingerprint density at radius 2 is 0.490 bits per heavy atom. The van der Waals surface area contributed by atoms with E-state index in [4.69, 9.17) is 121 Å². The van der Waals surface area contributed by atoms with E-state index in [0.717, 1.165) is 145 Å². The van der Waals surface area contributed by atoms with Crippen LogP contribution in [0.5, 0.6) is 0 Å². The molecule has 25 atom stereocenters. The Balaban J connectivity index is 0.000000132. The Morgan fingerprint density at radius 3 is 0.673 bits per heavy atom. The van der Waals surface area contributed by atoms with Gasteiger partial charge in [-0.15, -0.1) is 0 Å². The summed E-state index contributed by atoms with van der Waals surface area (Å²) in [5.41, 5.74) is 15.3. The van der Waals surface area contributed by atoms with Gasteiger partial charge in [-0.25, -0.2) is 9.69 Å². The number of nitrogens with zero attached hydrogens (tertiary/aromatic N) is 1. The minimum atomic E-state index is -0.683. The molecule has 5 heterocycles. The Hall–Kier alpha value is -8.08. The van der Waals surface area contributed by atoms with Gasteiger partial charge in [0.25, 0.3) is 0 Å². The van der Waals surface area contributed by atoms with Crippen molar-refractivity contribution in [3.8, 4) is 0 Å². The molecule has 6 amide bonds. The van der Waals surface area contributed by atoms with Crippen LogP contribution in [0, 0.1) is 91.3 Å². The molecule has 0 aromatic heterocycles. The van der Waals surface area contributed by atoms with E-state index in [0.29, 0.717) is 17.9 Å². The molecule has 0 spiro atoms. The highest BCUT2D eigenvalue weighted by atomic mass is 35.5. The van der Waals surface area contributed by atoms with E-state index in [1.165, 1.54) is 71.7 Å². The minimum Gasteiger partial charge on any atom is -0.443 e. The summed E-state index contributed by atoms with van der Waals surface area (Å²) in [5, 5.41) is 20.7. The number of ether oxygens (including phenoxy) is 1. The number of hydrogen-bond donors (Lipinski definition) is 4. The van der Waals surface area contributed by atoms with E-state index in [1.54, 1.807) is 0 Å². The van der Waals surface area contributed by atoms with Crippen LogP contribution in [-0.4, -0.2) is 76.3 Å². The molecule has 0 radical (unpaired) electrons. The van der Waals surface area contributed by atoms with Crippen molar-refractivity contribution in [3.63, 3.8) is 0 Å². The van der Waals surface area contributed by atoms with Crippen LogP contribution < -0.4 is 21.3 Å². The van der Waals surface area contributed by atoms with Crippen LogP contribution in [0.1, 0.15) is 329 Å². The van der Waals surface area contributed by atoms with Gasteiger partial charge in [0.1, 0.15) is 5.60 Å². The molecule has 5 aliphatic heterocycles. The second-order valence-electron chi connectivity index (χ2n) is 45.4. The summed E-state index contributed by atoms with van der Waals surface area (Å²) in [6.07, 6.45) is 12.5. The fourth-order valence-electron chi connectivity index (χ4n) is 29.8. The molecule has 5 aliphatic carbocycles. The lowest BCUT2D eigenvalue weighted by Gasteiger charge is -2.47. The van der Waals surface area contributed by atoms with Crippen LogP contribution in [0.15, 0.2) is 212 Å². The largest absolute Gasteiger partial charge is 0.443 e. The maximum atomic E-state index is 14.0. The van der Waals surface area contributed by atoms with Crippen LogP contribution in [0.25, 0.3) is 0 Å². The number of carbonyl (C=O) groups is 6. The zero-order valence-corrected chi connectivity index (χ0v) is 95.5. The summed E-state index contributed by atoms with van der Waals surface area (Å²) >= 11 is 64.6. The topological polar surface area (TPSA) is 163 Å². The maximum Gasteiger partial charge on any atom is 0.417 e. The van der Waals surface area contributed by atoms with E-state index in [9.17, 15) is 28.8 Å². The Morgan fingerprint density at radius 1 is 0.299 bits per heavy atom. The zero-order valence-electron chi connectivity index (χ0n) is 87.9. The monoisotopic (exact) mass is 2180 g/mol. The lowest BCUT2D eigenvalue weighted by atomic mass is 9.54. The van der Waals surface area contributed by atoms with E-state index < -0.39 is 17.1 Å². The molecule has 0 unspecified atom stereocenters.